The highest BCUT2D eigenvalue weighted by Crippen LogP contribution is 2.30. The van der Waals surface area contributed by atoms with E-state index in [0.29, 0.717) is 38.6 Å². The zero-order valence-corrected chi connectivity index (χ0v) is 15.3. The third kappa shape index (κ3) is 4.47. The first-order valence-electron chi connectivity index (χ1n) is 7.78. The first-order chi connectivity index (χ1) is 13.0. The van der Waals surface area contributed by atoms with Gasteiger partial charge in [-0.05, 0) is 36.4 Å². The number of thioether (sulfide) groups is 1. The minimum absolute atomic E-state index is 0.207. The van der Waals surface area contributed by atoms with Crippen molar-refractivity contribution in [1.82, 2.24) is 5.32 Å². The predicted molar refractivity (Wildman–Crippen MR) is 102 cm³/mol. The van der Waals surface area contributed by atoms with Crippen molar-refractivity contribution in [1.29, 1.82) is 0 Å². The van der Waals surface area contributed by atoms with Crippen LogP contribution >= 0.6 is 23.4 Å². The fraction of sp³-hybridized carbons (Fsp3) is 0.111. The van der Waals surface area contributed by atoms with Crippen LogP contribution in [0.4, 0.5) is 14.5 Å². The molecule has 0 spiro atoms. The van der Waals surface area contributed by atoms with Gasteiger partial charge in [0.05, 0.1) is 11.3 Å². The van der Waals surface area contributed by atoms with Crippen molar-refractivity contribution in [2.75, 3.05) is 11.7 Å². The molecule has 0 atom stereocenters. The van der Waals surface area contributed by atoms with Gasteiger partial charge in [-0.3, -0.25) is 4.79 Å². The fourth-order valence-electron chi connectivity index (χ4n) is 2.48. The Morgan fingerprint density at radius 3 is 2.67 bits per heavy atom. The number of aliphatic hydroxyl groups excluding tert-OH is 1. The zero-order chi connectivity index (χ0) is 19.4. The number of hydrogen-bond donors (Lipinski definition) is 2. The van der Waals surface area contributed by atoms with Gasteiger partial charge in [0.1, 0.15) is 12.4 Å². The summed E-state index contributed by atoms with van der Waals surface area (Å²) < 4.78 is 25.3. The number of carbonyl (C=O) groups is 1. The summed E-state index contributed by atoms with van der Waals surface area (Å²) in [6, 6.07) is 13.0. The van der Waals surface area contributed by atoms with Gasteiger partial charge in [0, 0.05) is 21.7 Å². The van der Waals surface area contributed by atoms with E-state index in [0.717, 1.165) is 0 Å². The Kier molecular flexibility index (Phi) is 6.10. The molecule has 0 saturated carbocycles. The summed E-state index contributed by atoms with van der Waals surface area (Å²) in [6.07, 6.45) is 1.35. The lowest BCUT2D eigenvalue weighted by Crippen LogP contribution is -2.23. The van der Waals surface area contributed by atoms with Crippen LogP contribution in [-0.2, 0) is 4.79 Å². The average molecular weight is 410 g/mol. The molecular formula is C18H14ClF2N3O2S. The first-order valence-corrected chi connectivity index (χ1v) is 9.04. The quantitative estimate of drug-likeness (QED) is 0.432. The van der Waals surface area contributed by atoms with Crippen LogP contribution < -0.4 is 10.3 Å². The number of benzene rings is 2. The Balaban J connectivity index is 2.02. The van der Waals surface area contributed by atoms with Gasteiger partial charge in [-0.25, -0.2) is 0 Å². The van der Waals surface area contributed by atoms with E-state index in [1.54, 1.807) is 48.5 Å². The molecule has 0 aromatic heterocycles. The Labute approximate surface area is 163 Å². The number of amides is 1. The number of hydrogen-bond acceptors (Lipinski definition) is 5. The molecule has 0 unspecified atom stereocenters. The van der Waals surface area contributed by atoms with Crippen molar-refractivity contribution >= 4 is 40.7 Å². The van der Waals surface area contributed by atoms with E-state index in [2.05, 4.69) is 10.4 Å². The van der Waals surface area contributed by atoms with Crippen molar-refractivity contribution < 1.29 is 18.7 Å². The molecule has 2 aromatic carbocycles. The highest BCUT2D eigenvalue weighted by Gasteiger charge is 2.32. The summed E-state index contributed by atoms with van der Waals surface area (Å²) in [5.41, 5.74) is 1.54. The molecule has 1 heterocycles. The average Bonchev–Trinajstić information content (AvgIpc) is 2.97. The zero-order valence-electron chi connectivity index (χ0n) is 13.8. The summed E-state index contributed by atoms with van der Waals surface area (Å²) in [7, 11) is 0. The molecule has 9 heteroatoms. The van der Waals surface area contributed by atoms with Crippen molar-refractivity contribution in [3.8, 4) is 0 Å². The van der Waals surface area contributed by atoms with Gasteiger partial charge in [0.25, 0.3) is 11.7 Å². The SMILES string of the molecule is O=C1C(=CNCO)C(c2cccc(SC(F)F)c2)=NN1c1ccc(Cl)cc1. The van der Waals surface area contributed by atoms with Crippen molar-refractivity contribution in [3.63, 3.8) is 0 Å². The van der Waals surface area contributed by atoms with Crippen LogP contribution in [0, 0.1) is 0 Å². The third-order valence-corrected chi connectivity index (χ3v) is 4.58. The molecule has 27 heavy (non-hydrogen) atoms. The molecular weight excluding hydrogens is 396 g/mol. The van der Waals surface area contributed by atoms with Gasteiger partial charge in [0.15, 0.2) is 0 Å². The maximum absolute atomic E-state index is 12.8. The minimum atomic E-state index is -2.55. The maximum Gasteiger partial charge on any atom is 0.288 e. The molecule has 2 N–H and O–H groups in total. The van der Waals surface area contributed by atoms with Crippen molar-refractivity contribution in [2.45, 2.75) is 10.7 Å². The molecule has 0 saturated heterocycles. The summed E-state index contributed by atoms with van der Waals surface area (Å²) in [6.45, 7) is -0.369. The molecule has 0 aliphatic carbocycles. The predicted octanol–water partition coefficient (Wildman–Crippen LogP) is 3.83. The van der Waals surface area contributed by atoms with E-state index < -0.39 is 11.7 Å². The fourth-order valence-corrected chi connectivity index (χ4v) is 3.17. The minimum Gasteiger partial charge on any atom is -0.377 e. The number of aliphatic hydroxyl groups is 1. The van der Waals surface area contributed by atoms with E-state index in [1.165, 1.54) is 11.2 Å². The number of halogens is 3. The van der Waals surface area contributed by atoms with E-state index in [4.69, 9.17) is 16.7 Å². The molecule has 3 rings (SSSR count). The second-order valence-corrected chi connectivity index (χ2v) is 6.87. The van der Waals surface area contributed by atoms with Gasteiger partial charge >= 0.3 is 0 Å². The highest BCUT2D eigenvalue weighted by molar-refractivity contribution is 7.99. The smallest absolute Gasteiger partial charge is 0.288 e. The number of alkyl halides is 2. The monoisotopic (exact) mass is 409 g/mol. The van der Waals surface area contributed by atoms with E-state index in [9.17, 15) is 13.6 Å². The Morgan fingerprint density at radius 1 is 1.26 bits per heavy atom. The molecule has 0 fully saturated rings. The Morgan fingerprint density at radius 2 is 2.00 bits per heavy atom. The van der Waals surface area contributed by atoms with Crippen molar-refractivity contribution in [3.05, 3.63) is 70.9 Å². The maximum atomic E-state index is 12.8. The van der Waals surface area contributed by atoms with Crippen LogP contribution in [0.2, 0.25) is 5.02 Å². The molecule has 140 valence electrons. The van der Waals surface area contributed by atoms with Crippen LogP contribution in [0.25, 0.3) is 0 Å². The number of nitrogens with zero attached hydrogens (tertiary/aromatic N) is 2. The number of nitrogens with one attached hydrogen (secondary N) is 1. The molecule has 1 aliphatic heterocycles. The standard InChI is InChI=1S/C18H14ClF2N3O2S/c19-12-4-6-13(7-5-12)24-17(26)15(9-22-10-25)16(23-24)11-2-1-3-14(8-11)27-18(20)21/h1-9,18,22,25H,10H2. The third-order valence-electron chi connectivity index (χ3n) is 3.62. The molecule has 1 aliphatic rings. The van der Waals surface area contributed by atoms with Crippen LogP contribution in [0.5, 0.6) is 0 Å². The lowest BCUT2D eigenvalue weighted by atomic mass is 10.0. The number of rotatable bonds is 6. The summed E-state index contributed by atoms with van der Waals surface area (Å²) in [5.74, 6) is -2.97. The Hall–Kier alpha value is -2.42. The molecule has 0 radical (unpaired) electrons. The second-order valence-electron chi connectivity index (χ2n) is 5.37. The van der Waals surface area contributed by atoms with E-state index in [-0.39, 0.29) is 12.3 Å². The van der Waals surface area contributed by atoms with Crippen LogP contribution in [0.1, 0.15) is 5.56 Å². The molecule has 5 nitrogen and oxygen atoms in total. The normalized spacial score (nSPS) is 15.6. The van der Waals surface area contributed by atoms with Gasteiger partial charge < -0.3 is 10.4 Å². The number of hydrazone groups is 1. The second kappa shape index (κ2) is 8.51. The lowest BCUT2D eigenvalue weighted by molar-refractivity contribution is -0.114. The van der Waals surface area contributed by atoms with E-state index in [1.807, 2.05) is 0 Å². The summed E-state index contributed by atoms with van der Waals surface area (Å²) >= 11 is 6.30. The van der Waals surface area contributed by atoms with Gasteiger partial charge in [-0.15, -0.1) is 0 Å². The topological polar surface area (TPSA) is 64.9 Å². The van der Waals surface area contributed by atoms with Crippen LogP contribution in [0.15, 0.2) is 70.3 Å². The first kappa shape index (κ1) is 19.3. The molecule has 2 aromatic rings. The number of anilines is 1. The molecule has 1 amide bonds. The van der Waals surface area contributed by atoms with Gasteiger partial charge in [-0.1, -0.05) is 35.5 Å². The van der Waals surface area contributed by atoms with Gasteiger partial charge in [0.2, 0.25) is 0 Å². The largest absolute Gasteiger partial charge is 0.377 e. The van der Waals surface area contributed by atoms with Crippen molar-refractivity contribution in [2.24, 2.45) is 5.10 Å². The summed E-state index contributed by atoms with van der Waals surface area (Å²) in [4.78, 5) is 13.2. The highest BCUT2D eigenvalue weighted by atomic mass is 35.5. The summed E-state index contributed by atoms with van der Waals surface area (Å²) in [5, 5.41) is 17.7. The van der Waals surface area contributed by atoms with Crippen LogP contribution in [0.3, 0.4) is 0 Å². The Bertz CT molecular complexity index is 904. The lowest BCUT2D eigenvalue weighted by Gasteiger charge is -2.11. The molecule has 0 bridgehead atoms. The van der Waals surface area contributed by atoms with Crippen LogP contribution in [-0.4, -0.2) is 29.2 Å². The number of carbonyl (C=O) groups excluding carboxylic acids is 1. The van der Waals surface area contributed by atoms with Gasteiger partial charge in [-0.2, -0.15) is 18.9 Å². The van der Waals surface area contributed by atoms with E-state index >= 15 is 0 Å².